The van der Waals surface area contributed by atoms with Crippen molar-refractivity contribution in [3.63, 3.8) is 0 Å². The molecule has 1 aromatic rings. The zero-order valence-electron chi connectivity index (χ0n) is 9.11. The molecule has 0 radical (unpaired) electrons. The molecule has 0 heterocycles. The number of allylic oxidation sites excluding steroid dienone is 4. The molecule has 0 spiro atoms. The average Bonchev–Trinajstić information content (AvgIpc) is 2.27. The Labute approximate surface area is 94.2 Å². The van der Waals surface area contributed by atoms with E-state index in [9.17, 15) is 4.39 Å². The molecule has 2 N–H and O–H groups in total. The van der Waals surface area contributed by atoms with Crippen LogP contribution in [0.25, 0.3) is 0 Å². The van der Waals surface area contributed by atoms with Crippen LogP contribution in [0.15, 0.2) is 47.9 Å². The third-order valence-corrected chi connectivity index (χ3v) is 2.62. The Kier molecular flexibility index (Phi) is 2.95. The van der Waals surface area contributed by atoms with Gasteiger partial charge in [0, 0.05) is 18.0 Å². The van der Waals surface area contributed by atoms with Gasteiger partial charge >= 0.3 is 0 Å². The van der Waals surface area contributed by atoms with Crippen molar-refractivity contribution in [1.29, 1.82) is 0 Å². The van der Waals surface area contributed by atoms with Gasteiger partial charge in [0.15, 0.2) is 11.6 Å². The second-order valence-electron chi connectivity index (χ2n) is 3.94. The lowest BCUT2D eigenvalue weighted by atomic mass is 9.98. The van der Waals surface area contributed by atoms with Crippen LogP contribution in [0.1, 0.15) is 13.3 Å². The minimum atomic E-state index is -0.349. The fourth-order valence-corrected chi connectivity index (χ4v) is 1.59. The molecule has 0 saturated carbocycles. The predicted octanol–water partition coefficient (Wildman–Crippen LogP) is 2.97. The zero-order valence-corrected chi connectivity index (χ0v) is 9.11. The zero-order chi connectivity index (χ0) is 11.5. The van der Waals surface area contributed by atoms with Crippen molar-refractivity contribution >= 4 is 0 Å². The van der Waals surface area contributed by atoms with Crippen molar-refractivity contribution in [2.45, 2.75) is 13.3 Å². The highest BCUT2D eigenvalue weighted by Crippen LogP contribution is 2.26. The summed E-state index contributed by atoms with van der Waals surface area (Å²) in [5.74, 6) is 0.895. The van der Waals surface area contributed by atoms with E-state index in [0.29, 0.717) is 6.42 Å². The predicted molar refractivity (Wildman–Crippen MR) is 61.2 cm³/mol. The van der Waals surface area contributed by atoms with Gasteiger partial charge in [-0.1, -0.05) is 19.1 Å². The van der Waals surface area contributed by atoms with E-state index in [1.165, 1.54) is 6.07 Å². The van der Waals surface area contributed by atoms with E-state index in [1.807, 2.05) is 13.0 Å². The van der Waals surface area contributed by atoms with Gasteiger partial charge in [-0.25, -0.2) is 4.39 Å². The number of halogens is 1. The topological polar surface area (TPSA) is 35.2 Å². The summed E-state index contributed by atoms with van der Waals surface area (Å²) in [6.07, 6.45) is 4.31. The molecular weight excluding hydrogens is 205 g/mol. The molecule has 0 bridgehead atoms. The lowest BCUT2D eigenvalue weighted by Crippen LogP contribution is -2.14. The van der Waals surface area contributed by atoms with Crippen molar-refractivity contribution in [3.05, 3.63) is 53.7 Å². The van der Waals surface area contributed by atoms with Crippen molar-refractivity contribution in [1.82, 2.24) is 0 Å². The SMILES string of the molecule is CC1CC(Oc2ccccc2F)=CC=C1N. The van der Waals surface area contributed by atoms with Crippen LogP contribution in [0.5, 0.6) is 5.75 Å². The summed E-state index contributed by atoms with van der Waals surface area (Å²) in [4.78, 5) is 0. The summed E-state index contributed by atoms with van der Waals surface area (Å²) in [6.45, 7) is 2.02. The average molecular weight is 219 g/mol. The second kappa shape index (κ2) is 4.39. The van der Waals surface area contributed by atoms with E-state index >= 15 is 0 Å². The van der Waals surface area contributed by atoms with Gasteiger partial charge in [-0.3, -0.25) is 0 Å². The molecule has 0 aromatic heterocycles. The van der Waals surface area contributed by atoms with Crippen LogP contribution in [0, 0.1) is 11.7 Å². The lowest BCUT2D eigenvalue weighted by molar-refractivity contribution is 0.360. The highest BCUT2D eigenvalue weighted by atomic mass is 19.1. The normalized spacial score (nSPS) is 20.0. The van der Waals surface area contributed by atoms with E-state index in [2.05, 4.69) is 0 Å². The molecule has 0 saturated heterocycles. The van der Waals surface area contributed by atoms with Gasteiger partial charge < -0.3 is 10.5 Å². The lowest BCUT2D eigenvalue weighted by Gasteiger charge is -2.19. The number of hydrogen-bond donors (Lipinski definition) is 1. The summed E-state index contributed by atoms with van der Waals surface area (Å²) in [5, 5.41) is 0. The van der Waals surface area contributed by atoms with Gasteiger partial charge in [0.25, 0.3) is 0 Å². The minimum absolute atomic E-state index is 0.242. The van der Waals surface area contributed by atoms with Gasteiger partial charge in [-0.15, -0.1) is 0 Å². The summed E-state index contributed by atoms with van der Waals surface area (Å²) in [6, 6.07) is 6.38. The molecule has 1 atom stereocenters. The Hall–Kier alpha value is -1.77. The standard InChI is InChI=1S/C13H14FNO/c1-9-8-10(6-7-12(9)15)16-13-5-3-2-4-11(13)14/h2-7,9H,8,15H2,1H3. The van der Waals surface area contributed by atoms with E-state index in [-0.39, 0.29) is 17.5 Å². The maximum atomic E-state index is 13.3. The maximum Gasteiger partial charge on any atom is 0.165 e. The third kappa shape index (κ3) is 2.24. The first-order valence-corrected chi connectivity index (χ1v) is 5.25. The third-order valence-electron chi connectivity index (χ3n) is 2.62. The molecule has 1 unspecified atom stereocenters. The van der Waals surface area contributed by atoms with E-state index < -0.39 is 0 Å². The molecule has 1 aromatic carbocycles. The van der Waals surface area contributed by atoms with Gasteiger partial charge in [0.1, 0.15) is 5.76 Å². The van der Waals surface area contributed by atoms with Crippen LogP contribution in [-0.4, -0.2) is 0 Å². The highest BCUT2D eigenvalue weighted by molar-refractivity contribution is 5.29. The van der Waals surface area contributed by atoms with E-state index in [4.69, 9.17) is 10.5 Å². The molecule has 0 fully saturated rings. The van der Waals surface area contributed by atoms with Gasteiger partial charge in [0.05, 0.1) is 0 Å². The minimum Gasteiger partial charge on any atom is -0.459 e. The molecule has 0 amide bonds. The molecule has 84 valence electrons. The van der Waals surface area contributed by atoms with Crippen LogP contribution in [0.2, 0.25) is 0 Å². The first-order chi connectivity index (χ1) is 7.66. The summed E-state index contributed by atoms with van der Waals surface area (Å²) < 4.78 is 18.8. The number of para-hydroxylation sites is 1. The molecule has 2 rings (SSSR count). The molecule has 0 aliphatic heterocycles. The van der Waals surface area contributed by atoms with Crippen molar-refractivity contribution < 1.29 is 9.13 Å². The van der Waals surface area contributed by atoms with Crippen molar-refractivity contribution in [3.8, 4) is 5.75 Å². The van der Waals surface area contributed by atoms with Crippen LogP contribution >= 0.6 is 0 Å². The Morgan fingerprint density at radius 1 is 1.31 bits per heavy atom. The Bertz CT molecular complexity index is 451. The van der Waals surface area contributed by atoms with Crippen LogP contribution in [0.3, 0.4) is 0 Å². The molecule has 16 heavy (non-hydrogen) atoms. The van der Waals surface area contributed by atoms with Gasteiger partial charge in [0.2, 0.25) is 0 Å². The first-order valence-electron chi connectivity index (χ1n) is 5.25. The number of hydrogen-bond acceptors (Lipinski definition) is 2. The summed E-state index contributed by atoms with van der Waals surface area (Å²) in [5.41, 5.74) is 6.58. The molecule has 3 heteroatoms. The smallest absolute Gasteiger partial charge is 0.165 e. The monoisotopic (exact) mass is 219 g/mol. The number of nitrogens with two attached hydrogens (primary N) is 1. The fourth-order valence-electron chi connectivity index (χ4n) is 1.59. The largest absolute Gasteiger partial charge is 0.459 e. The number of rotatable bonds is 2. The molecule has 2 nitrogen and oxygen atoms in total. The van der Waals surface area contributed by atoms with Gasteiger partial charge in [-0.2, -0.15) is 0 Å². The van der Waals surface area contributed by atoms with Crippen LogP contribution in [-0.2, 0) is 0 Å². The first kappa shape index (κ1) is 10.7. The van der Waals surface area contributed by atoms with Crippen molar-refractivity contribution in [2.24, 2.45) is 11.7 Å². The number of ether oxygens (including phenoxy) is 1. The molecule has 1 aliphatic rings. The Morgan fingerprint density at radius 2 is 2.06 bits per heavy atom. The number of benzene rings is 1. The second-order valence-corrected chi connectivity index (χ2v) is 3.94. The van der Waals surface area contributed by atoms with Crippen LogP contribution < -0.4 is 10.5 Å². The van der Waals surface area contributed by atoms with E-state index in [0.717, 1.165) is 11.5 Å². The van der Waals surface area contributed by atoms with Crippen molar-refractivity contribution in [2.75, 3.05) is 0 Å². The summed E-state index contributed by atoms with van der Waals surface area (Å²) in [7, 11) is 0. The van der Waals surface area contributed by atoms with E-state index in [1.54, 1.807) is 24.3 Å². The Balaban J connectivity index is 2.15. The fraction of sp³-hybridized carbons (Fsp3) is 0.231. The highest BCUT2D eigenvalue weighted by Gasteiger charge is 2.15. The summed E-state index contributed by atoms with van der Waals surface area (Å²) >= 11 is 0. The quantitative estimate of drug-likeness (QED) is 0.829. The van der Waals surface area contributed by atoms with Gasteiger partial charge in [-0.05, 0) is 24.3 Å². The molecule has 1 aliphatic carbocycles. The molecular formula is C13H14FNO. The maximum absolute atomic E-state index is 13.3. The Morgan fingerprint density at radius 3 is 2.75 bits per heavy atom. The van der Waals surface area contributed by atoms with Crippen LogP contribution in [0.4, 0.5) is 4.39 Å².